The molecule has 1 heterocycles. The fourth-order valence-electron chi connectivity index (χ4n) is 2.49. The van der Waals surface area contributed by atoms with Crippen LogP contribution in [0.4, 0.5) is 0 Å². The van der Waals surface area contributed by atoms with E-state index in [9.17, 15) is 8.42 Å². The summed E-state index contributed by atoms with van der Waals surface area (Å²) >= 11 is 0. The molecule has 0 saturated carbocycles. The van der Waals surface area contributed by atoms with Gasteiger partial charge in [0.2, 0.25) is 10.0 Å². The average molecular weight is 336 g/mol. The molecule has 2 aromatic rings. The largest absolute Gasteiger partial charge is 0.360 e. The van der Waals surface area contributed by atoms with Crippen LogP contribution in [0.15, 0.2) is 33.7 Å². The van der Waals surface area contributed by atoms with Crippen molar-refractivity contribution in [3.8, 4) is 0 Å². The lowest BCUT2D eigenvalue weighted by atomic mass is 9.86. The van der Waals surface area contributed by atoms with Gasteiger partial charge in [-0.2, -0.15) is 0 Å². The highest BCUT2D eigenvalue weighted by Crippen LogP contribution is 2.25. The van der Waals surface area contributed by atoms with Gasteiger partial charge in [0.25, 0.3) is 0 Å². The Kier molecular flexibility index (Phi) is 4.69. The van der Waals surface area contributed by atoms with Crippen LogP contribution >= 0.6 is 0 Å². The van der Waals surface area contributed by atoms with E-state index in [1.807, 2.05) is 31.2 Å². The lowest BCUT2D eigenvalue weighted by molar-refractivity contribution is 0.390. The summed E-state index contributed by atoms with van der Waals surface area (Å²) in [6.07, 6.45) is 0. The van der Waals surface area contributed by atoms with Crippen LogP contribution < -0.4 is 4.72 Å². The first-order valence-corrected chi connectivity index (χ1v) is 9.06. The van der Waals surface area contributed by atoms with Gasteiger partial charge in [0.1, 0.15) is 10.6 Å². The number of aryl methyl sites for hydroxylation is 2. The van der Waals surface area contributed by atoms with Crippen molar-refractivity contribution in [3.63, 3.8) is 0 Å². The second-order valence-corrected chi connectivity index (χ2v) is 8.52. The third-order valence-corrected chi connectivity index (χ3v) is 5.63. The Bertz CT molecular complexity index is 765. The standard InChI is InChI=1S/C17H24N2O3S/c1-11(14-7-9-15(10-8-14)17(4,5)6)19-23(20,21)16-12(2)18-22-13(16)3/h7-11,19H,1-6H3/t11-/m0/s1. The molecule has 0 radical (unpaired) electrons. The van der Waals surface area contributed by atoms with E-state index < -0.39 is 10.0 Å². The Labute approximate surface area is 138 Å². The highest BCUT2D eigenvalue weighted by atomic mass is 32.2. The Morgan fingerprint density at radius 2 is 1.70 bits per heavy atom. The number of benzene rings is 1. The highest BCUT2D eigenvalue weighted by molar-refractivity contribution is 7.89. The molecule has 23 heavy (non-hydrogen) atoms. The van der Waals surface area contributed by atoms with Crippen LogP contribution in [0.1, 0.15) is 56.3 Å². The van der Waals surface area contributed by atoms with E-state index in [2.05, 4.69) is 30.6 Å². The van der Waals surface area contributed by atoms with Crippen LogP contribution in [0, 0.1) is 13.8 Å². The second-order valence-electron chi connectivity index (χ2n) is 6.87. The van der Waals surface area contributed by atoms with E-state index in [1.54, 1.807) is 13.8 Å². The van der Waals surface area contributed by atoms with E-state index in [0.717, 1.165) is 5.56 Å². The van der Waals surface area contributed by atoms with Gasteiger partial charge in [-0.1, -0.05) is 50.2 Å². The molecule has 0 aliphatic rings. The quantitative estimate of drug-likeness (QED) is 0.925. The third-order valence-electron chi connectivity index (χ3n) is 3.85. The van der Waals surface area contributed by atoms with E-state index in [4.69, 9.17) is 4.52 Å². The highest BCUT2D eigenvalue weighted by Gasteiger charge is 2.26. The fraction of sp³-hybridized carbons (Fsp3) is 0.471. The minimum Gasteiger partial charge on any atom is -0.360 e. The van der Waals surface area contributed by atoms with E-state index >= 15 is 0 Å². The number of sulfonamides is 1. The maximum absolute atomic E-state index is 12.5. The number of nitrogens with zero attached hydrogens (tertiary/aromatic N) is 1. The van der Waals surface area contributed by atoms with E-state index in [0.29, 0.717) is 11.5 Å². The van der Waals surface area contributed by atoms with Crippen molar-refractivity contribution in [3.05, 3.63) is 46.8 Å². The molecule has 1 N–H and O–H groups in total. The van der Waals surface area contributed by atoms with Gasteiger partial charge in [-0.25, -0.2) is 13.1 Å². The lowest BCUT2D eigenvalue weighted by Gasteiger charge is -2.20. The molecule has 0 bridgehead atoms. The molecule has 2 rings (SSSR count). The molecule has 0 aliphatic carbocycles. The number of hydrogen-bond acceptors (Lipinski definition) is 4. The maximum Gasteiger partial charge on any atom is 0.246 e. The van der Waals surface area contributed by atoms with Crippen molar-refractivity contribution < 1.29 is 12.9 Å². The molecule has 0 unspecified atom stereocenters. The number of hydrogen-bond donors (Lipinski definition) is 1. The monoisotopic (exact) mass is 336 g/mol. The maximum atomic E-state index is 12.5. The van der Waals surface area contributed by atoms with Crippen LogP contribution in [0.5, 0.6) is 0 Å². The summed E-state index contributed by atoms with van der Waals surface area (Å²) in [6.45, 7) is 11.5. The van der Waals surface area contributed by atoms with Crippen LogP contribution in [0.25, 0.3) is 0 Å². The predicted octanol–water partition coefficient (Wildman–Crippen LogP) is 3.63. The molecule has 0 fully saturated rings. The minimum absolute atomic E-state index is 0.0674. The molecule has 0 spiro atoms. The summed E-state index contributed by atoms with van der Waals surface area (Å²) in [5.74, 6) is 0.297. The van der Waals surface area contributed by atoms with Crippen LogP contribution in [0.2, 0.25) is 0 Å². The Morgan fingerprint density at radius 3 is 2.13 bits per heavy atom. The van der Waals surface area contributed by atoms with Gasteiger partial charge in [-0.3, -0.25) is 0 Å². The molecule has 0 aliphatic heterocycles. The van der Waals surface area contributed by atoms with Crippen LogP contribution in [-0.4, -0.2) is 13.6 Å². The average Bonchev–Trinajstić information content (AvgIpc) is 2.77. The Balaban J connectivity index is 2.23. The van der Waals surface area contributed by atoms with Gasteiger partial charge in [-0.15, -0.1) is 0 Å². The summed E-state index contributed by atoms with van der Waals surface area (Å²) in [6, 6.07) is 7.65. The molecular weight excluding hydrogens is 312 g/mol. The van der Waals surface area contributed by atoms with Gasteiger partial charge >= 0.3 is 0 Å². The SMILES string of the molecule is Cc1noc(C)c1S(=O)(=O)N[C@@H](C)c1ccc(C(C)(C)C)cc1. The van der Waals surface area contributed by atoms with E-state index in [1.165, 1.54) is 5.56 Å². The van der Waals surface area contributed by atoms with Gasteiger partial charge in [0, 0.05) is 6.04 Å². The fourth-order valence-corrected chi connectivity index (χ4v) is 4.05. The second kappa shape index (κ2) is 6.09. The molecule has 5 nitrogen and oxygen atoms in total. The summed E-state index contributed by atoms with van der Waals surface area (Å²) in [7, 11) is -3.67. The first-order valence-electron chi connectivity index (χ1n) is 7.58. The van der Waals surface area contributed by atoms with Crippen molar-refractivity contribution in [2.24, 2.45) is 0 Å². The van der Waals surface area contributed by atoms with Gasteiger partial charge in [0.15, 0.2) is 5.76 Å². The molecule has 0 saturated heterocycles. The molecule has 0 amide bonds. The Morgan fingerprint density at radius 1 is 1.13 bits per heavy atom. The smallest absolute Gasteiger partial charge is 0.246 e. The zero-order valence-corrected chi connectivity index (χ0v) is 15.3. The summed E-state index contributed by atoms with van der Waals surface area (Å²) in [4.78, 5) is 0.121. The van der Waals surface area contributed by atoms with Crippen molar-refractivity contribution in [1.29, 1.82) is 0 Å². The predicted molar refractivity (Wildman–Crippen MR) is 89.9 cm³/mol. The third kappa shape index (κ3) is 3.82. The minimum atomic E-state index is -3.67. The zero-order valence-electron chi connectivity index (χ0n) is 14.5. The first-order chi connectivity index (χ1) is 10.5. The van der Waals surface area contributed by atoms with Crippen molar-refractivity contribution in [2.75, 3.05) is 0 Å². The summed E-state index contributed by atoms with van der Waals surface area (Å²) in [5, 5.41) is 3.71. The van der Waals surface area contributed by atoms with Crippen molar-refractivity contribution >= 4 is 10.0 Å². The van der Waals surface area contributed by atoms with Crippen LogP contribution in [0.3, 0.4) is 0 Å². The molecule has 1 aromatic heterocycles. The summed E-state index contributed by atoms with van der Waals surface area (Å²) < 4.78 is 32.7. The normalized spacial score (nSPS) is 14.0. The first kappa shape index (κ1) is 17.7. The lowest BCUT2D eigenvalue weighted by Crippen LogP contribution is -2.27. The molecule has 1 aromatic carbocycles. The Hall–Kier alpha value is -1.66. The topological polar surface area (TPSA) is 72.2 Å². The van der Waals surface area contributed by atoms with Gasteiger partial charge in [-0.05, 0) is 37.3 Å². The van der Waals surface area contributed by atoms with Crippen molar-refractivity contribution in [1.82, 2.24) is 9.88 Å². The number of aromatic nitrogens is 1. The molecule has 6 heteroatoms. The molecule has 126 valence electrons. The summed E-state index contributed by atoms with van der Waals surface area (Å²) in [5.41, 5.74) is 2.55. The van der Waals surface area contributed by atoms with E-state index in [-0.39, 0.29) is 16.4 Å². The number of nitrogens with one attached hydrogen (secondary N) is 1. The molecule has 1 atom stereocenters. The van der Waals surface area contributed by atoms with Gasteiger partial charge < -0.3 is 4.52 Å². The number of rotatable bonds is 4. The molecular formula is C17H24N2O3S. The van der Waals surface area contributed by atoms with Crippen molar-refractivity contribution in [2.45, 2.75) is 57.9 Å². The van der Waals surface area contributed by atoms with Crippen LogP contribution in [-0.2, 0) is 15.4 Å². The zero-order chi connectivity index (χ0) is 17.4. The van der Waals surface area contributed by atoms with Gasteiger partial charge in [0.05, 0.1) is 0 Å².